The number of hydrogen-bond acceptors (Lipinski definition) is 3. The van der Waals surface area contributed by atoms with E-state index >= 15 is 0 Å². The van der Waals surface area contributed by atoms with Gasteiger partial charge in [-0.25, -0.2) is 4.98 Å². The van der Waals surface area contributed by atoms with E-state index in [0.717, 1.165) is 17.1 Å². The number of hydrogen-bond donors (Lipinski definition) is 1. The lowest BCUT2D eigenvalue weighted by Crippen LogP contribution is -1.88. The van der Waals surface area contributed by atoms with Crippen molar-refractivity contribution < 1.29 is 0 Å². The fourth-order valence-electron chi connectivity index (χ4n) is 1.94. The van der Waals surface area contributed by atoms with Crippen molar-refractivity contribution in [1.29, 1.82) is 0 Å². The summed E-state index contributed by atoms with van der Waals surface area (Å²) in [6.45, 7) is 0. The maximum Gasteiger partial charge on any atom is 0.0975 e. The molecule has 2 nitrogen and oxygen atoms in total. The fraction of sp³-hybridized carbons (Fsp3) is 0.0625. The van der Waals surface area contributed by atoms with Crippen LogP contribution in [-0.2, 0) is 6.42 Å². The molecule has 2 aromatic carbocycles. The van der Waals surface area contributed by atoms with Crippen molar-refractivity contribution in [3.05, 3.63) is 71.4 Å². The van der Waals surface area contributed by atoms with Crippen molar-refractivity contribution in [1.82, 2.24) is 4.98 Å². The molecule has 0 saturated carbocycles. The number of rotatable bonds is 3. The average molecular weight is 266 g/mol. The zero-order valence-corrected chi connectivity index (χ0v) is 11.2. The minimum Gasteiger partial charge on any atom is -0.399 e. The first-order valence-electron chi connectivity index (χ1n) is 6.16. The Kier molecular flexibility index (Phi) is 3.29. The van der Waals surface area contributed by atoms with Gasteiger partial charge in [-0.3, -0.25) is 0 Å². The molecule has 1 heterocycles. The van der Waals surface area contributed by atoms with Crippen molar-refractivity contribution in [2.24, 2.45) is 0 Å². The van der Waals surface area contributed by atoms with Gasteiger partial charge in [0.05, 0.1) is 9.88 Å². The van der Waals surface area contributed by atoms with E-state index < -0.39 is 0 Å². The Bertz CT molecular complexity index is 657. The lowest BCUT2D eigenvalue weighted by atomic mass is 10.1. The second kappa shape index (κ2) is 5.24. The van der Waals surface area contributed by atoms with Crippen molar-refractivity contribution in [2.75, 3.05) is 5.73 Å². The zero-order chi connectivity index (χ0) is 13.1. The Morgan fingerprint density at radius 1 is 0.947 bits per heavy atom. The van der Waals surface area contributed by atoms with Crippen LogP contribution in [0.5, 0.6) is 0 Å². The Morgan fingerprint density at radius 3 is 2.42 bits per heavy atom. The van der Waals surface area contributed by atoms with Gasteiger partial charge in [0.2, 0.25) is 0 Å². The number of nitrogens with zero attached hydrogens (tertiary/aromatic N) is 1. The molecule has 0 atom stereocenters. The molecule has 2 N–H and O–H groups in total. The predicted octanol–water partition coefficient (Wildman–Crippen LogP) is 3.98. The molecule has 0 amide bonds. The second-order valence-electron chi connectivity index (χ2n) is 4.40. The Labute approximate surface area is 116 Å². The number of benzene rings is 2. The SMILES string of the molecule is Nc1ccc(Cc2ncc(-c3ccccc3)s2)cc1. The molecule has 0 bridgehead atoms. The third-order valence-electron chi connectivity index (χ3n) is 2.95. The molecule has 0 saturated heterocycles. The van der Waals surface area contributed by atoms with Gasteiger partial charge in [-0.05, 0) is 23.3 Å². The smallest absolute Gasteiger partial charge is 0.0975 e. The Balaban J connectivity index is 1.80. The van der Waals surface area contributed by atoms with Gasteiger partial charge in [-0.1, -0.05) is 42.5 Å². The lowest BCUT2D eigenvalue weighted by Gasteiger charge is -1.98. The summed E-state index contributed by atoms with van der Waals surface area (Å²) in [6, 6.07) is 18.3. The summed E-state index contributed by atoms with van der Waals surface area (Å²) in [5, 5.41) is 1.13. The van der Waals surface area contributed by atoms with Crippen molar-refractivity contribution in [2.45, 2.75) is 6.42 Å². The van der Waals surface area contributed by atoms with Crippen molar-refractivity contribution in [3.63, 3.8) is 0 Å². The van der Waals surface area contributed by atoms with Gasteiger partial charge in [-0.2, -0.15) is 0 Å². The Morgan fingerprint density at radius 2 is 1.68 bits per heavy atom. The molecule has 3 rings (SSSR count). The van der Waals surface area contributed by atoms with Gasteiger partial charge < -0.3 is 5.73 Å². The van der Waals surface area contributed by atoms with Crippen LogP contribution in [0.3, 0.4) is 0 Å². The van der Waals surface area contributed by atoms with Crippen LogP contribution >= 0.6 is 11.3 Å². The summed E-state index contributed by atoms with van der Waals surface area (Å²) in [5.74, 6) is 0. The quantitative estimate of drug-likeness (QED) is 0.728. The second-order valence-corrected chi connectivity index (χ2v) is 5.52. The van der Waals surface area contributed by atoms with E-state index in [1.807, 2.05) is 24.4 Å². The number of anilines is 1. The molecular weight excluding hydrogens is 252 g/mol. The van der Waals surface area contributed by atoms with Gasteiger partial charge in [-0.15, -0.1) is 11.3 Å². The standard InChI is InChI=1S/C16H14N2S/c17-14-8-6-12(7-9-14)10-16-18-11-15(19-16)13-4-2-1-3-5-13/h1-9,11H,10,17H2. The van der Waals surface area contributed by atoms with Crippen LogP contribution in [0.25, 0.3) is 10.4 Å². The summed E-state index contributed by atoms with van der Waals surface area (Å²) < 4.78 is 0. The van der Waals surface area contributed by atoms with E-state index in [2.05, 4.69) is 41.4 Å². The molecule has 3 aromatic rings. The first kappa shape index (κ1) is 11.9. The minimum absolute atomic E-state index is 0.799. The fourth-order valence-corrected chi connectivity index (χ4v) is 2.90. The van der Waals surface area contributed by atoms with Crippen LogP contribution in [0.2, 0.25) is 0 Å². The first-order valence-corrected chi connectivity index (χ1v) is 6.97. The molecule has 0 fully saturated rings. The van der Waals surface area contributed by atoms with Gasteiger partial charge in [0.15, 0.2) is 0 Å². The van der Waals surface area contributed by atoms with Crippen molar-refractivity contribution >= 4 is 17.0 Å². The maximum atomic E-state index is 5.69. The van der Waals surface area contributed by atoms with Crippen LogP contribution in [0.15, 0.2) is 60.8 Å². The third-order valence-corrected chi connectivity index (χ3v) is 3.99. The molecule has 94 valence electrons. The van der Waals surface area contributed by atoms with Crippen LogP contribution in [-0.4, -0.2) is 4.98 Å². The highest BCUT2D eigenvalue weighted by atomic mass is 32.1. The Hall–Kier alpha value is -2.13. The highest BCUT2D eigenvalue weighted by Crippen LogP contribution is 2.27. The lowest BCUT2D eigenvalue weighted by molar-refractivity contribution is 1.14. The summed E-state index contributed by atoms with van der Waals surface area (Å²) in [7, 11) is 0. The summed E-state index contributed by atoms with van der Waals surface area (Å²) >= 11 is 1.74. The van der Waals surface area contributed by atoms with Crippen LogP contribution in [0.4, 0.5) is 5.69 Å². The number of thiazole rings is 1. The monoisotopic (exact) mass is 266 g/mol. The van der Waals surface area contributed by atoms with Crippen LogP contribution < -0.4 is 5.73 Å². The molecule has 0 aliphatic rings. The van der Waals surface area contributed by atoms with E-state index in [0.29, 0.717) is 0 Å². The molecule has 0 spiro atoms. The van der Waals surface area contributed by atoms with Gasteiger partial charge in [0, 0.05) is 18.3 Å². The highest BCUT2D eigenvalue weighted by molar-refractivity contribution is 7.15. The molecule has 19 heavy (non-hydrogen) atoms. The number of aromatic nitrogens is 1. The molecule has 0 radical (unpaired) electrons. The van der Waals surface area contributed by atoms with E-state index in [1.54, 1.807) is 11.3 Å². The summed E-state index contributed by atoms with van der Waals surface area (Å²) in [6.07, 6.45) is 2.81. The van der Waals surface area contributed by atoms with E-state index in [4.69, 9.17) is 5.73 Å². The predicted molar refractivity (Wildman–Crippen MR) is 81.2 cm³/mol. The molecule has 0 unspecified atom stereocenters. The van der Waals surface area contributed by atoms with Crippen LogP contribution in [0.1, 0.15) is 10.6 Å². The summed E-state index contributed by atoms with van der Waals surface area (Å²) in [5.41, 5.74) is 8.95. The summed E-state index contributed by atoms with van der Waals surface area (Å²) in [4.78, 5) is 5.71. The van der Waals surface area contributed by atoms with Gasteiger partial charge in [0.1, 0.15) is 0 Å². The number of nitrogens with two attached hydrogens (primary N) is 1. The largest absolute Gasteiger partial charge is 0.399 e. The van der Waals surface area contributed by atoms with Gasteiger partial charge >= 0.3 is 0 Å². The normalized spacial score (nSPS) is 10.5. The minimum atomic E-state index is 0.799. The molecule has 1 aromatic heterocycles. The molecular formula is C16H14N2S. The molecule has 0 aliphatic carbocycles. The third kappa shape index (κ3) is 2.83. The number of nitrogen functional groups attached to an aromatic ring is 1. The topological polar surface area (TPSA) is 38.9 Å². The highest BCUT2D eigenvalue weighted by Gasteiger charge is 2.05. The first-order chi connectivity index (χ1) is 9.31. The molecule has 3 heteroatoms. The average Bonchev–Trinajstić information content (AvgIpc) is 2.91. The van der Waals surface area contributed by atoms with Crippen molar-refractivity contribution in [3.8, 4) is 10.4 Å². The van der Waals surface area contributed by atoms with Gasteiger partial charge in [0.25, 0.3) is 0 Å². The van der Waals surface area contributed by atoms with E-state index in [-0.39, 0.29) is 0 Å². The van der Waals surface area contributed by atoms with E-state index in [9.17, 15) is 0 Å². The maximum absolute atomic E-state index is 5.69. The zero-order valence-electron chi connectivity index (χ0n) is 10.4. The molecule has 0 aliphatic heterocycles. The van der Waals surface area contributed by atoms with E-state index in [1.165, 1.54) is 16.0 Å². The van der Waals surface area contributed by atoms with Crippen LogP contribution in [0, 0.1) is 0 Å².